The van der Waals surface area contributed by atoms with E-state index in [4.69, 9.17) is 0 Å². The average molecular weight is 377 g/mol. The van der Waals surface area contributed by atoms with Crippen LogP contribution in [0.5, 0.6) is 0 Å². The van der Waals surface area contributed by atoms with Crippen molar-refractivity contribution in [3.05, 3.63) is 78.5 Å². The third-order valence-corrected chi connectivity index (χ3v) is 4.73. The third-order valence-electron chi connectivity index (χ3n) is 4.73. The van der Waals surface area contributed by atoms with Gasteiger partial charge >= 0.3 is 0 Å². The molecule has 1 aliphatic rings. The molecular weight excluding hydrogens is 357 g/mol. The Balaban J connectivity index is 1.36. The fourth-order valence-electron chi connectivity index (χ4n) is 3.23. The van der Waals surface area contributed by atoms with Gasteiger partial charge in [-0.15, -0.1) is 0 Å². The van der Waals surface area contributed by atoms with Gasteiger partial charge in [0.25, 0.3) is 5.91 Å². The Labute approximate surface area is 162 Å². The van der Waals surface area contributed by atoms with Crippen LogP contribution in [-0.4, -0.2) is 42.1 Å². The number of rotatable bonds is 4. The molecule has 142 valence electrons. The van der Waals surface area contributed by atoms with Gasteiger partial charge in [-0.2, -0.15) is 0 Å². The molecule has 3 aromatic rings. The topological polar surface area (TPSA) is 61.4 Å². The number of carbonyl (C=O) groups is 1. The number of hydrogen-bond donors (Lipinski definition) is 1. The number of nitrogens with zero attached hydrogens (tertiary/aromatic N) is 4. The summed E-state index contributed by atoms with van der Waals surface area (Å²) < 4.78 is 14.0. The van der Waals surface area contributed by atoms with Crippen molar-refractivity contribution in [3.63, 3.8) is 0 Å². The lowest BCUT2D eigenvalue weighted by Crippen LogP contribution is -2.47. The smallest absolute Gasteiger partial charge is 0.257 e. The number of benzene rings is 1. The summed E-state index contributed by atoms with van der Waals surface area (Å²) in [6.07, 6.45) is 4.79. The molecular formula is C21H20FN5O. The number of para-hydroxylation sites is 1. The highest BCUT2D eigenvalue weighted by Crippen LogP contribution is 2.22. The molecule has 1 amide bonds. The molecule has 1 fully saturated rings. The van der Waals surface area contributed by atoms with Gasteiger partial charge in [-0.25, -0.2) is 9.37 Å². The summed E-state index contributed by atoms with van der Waals surface area (Å²) in [5.41, 5.74) is 1.77. The number of amides is 1. The van der Waals surface area contributed by atoms with Crippen LogP contribution in [0.2, 0.25) is 0 Å². The number of piperazine rings is 1. The van der Waals surface area contributed by atoms with Gasteiger partial charge in [0.05, 0.1) is 23.1 Å². The number of pyridine rings is 2. The molecule has 0 bridgehead atoms. The summed E-state index contributed by atoms with van der Waals surface area (Å²) in [4.78, 5) is 24.8. The zero-order valence-corrected chi connectivity index (χ0v) is 15.3. The third kappa shape index (κ3) is 3.93. The Morgan fingerprint density at radius 1 is 0.929 bits per heavy atom. The van der Waals surface area contributed by atoms with Crippen molar-refractivity contribution in [2.45, 2.75) is 0 Å². The van der Waals surface area contributed by atoms with Crippen LogP contribution in [0, 0.1) is 5.82 Å². The van der Waals surface area contributed by atoms with E-state index in [0.29, 0.717) is 16.9 Å². The number of aromatic nitrogens is 2. The number of anilines is 3. The summed E-state index contributed by atoms with van der Waals surface area (Å²) in [7, 11) is 0. The van der Waals surface area contributed by atoms with Crippen LogP contribution in [0.1, 0.15) is 10.4 Å². The maximum absolute atomic E-state index is 14.0. The van der Waals surface area contributed by atoms with Crippen molar-refractivity contribution >= 4 is 23.1 Å². The highest BCUT2D eigenvalue weighted by molar-refractivity contribution is 6.03. The molecule has 0 spiro atoms. The number of nitrogens with one attached hydrogen (secondary N) is 1. The van der Waals surface area contributed by atoms with Crippen LogP contribution in [0.25, 0.3) is 0 Å². The van der Waals surface area contributed by atoms with E-state index in [1.807, 2.05) is 29.2 Å². The average Bonchev–Trinajstić information content (AvgIpc) is 2.75. The fourth-order valence-corrected chi connectivity index (χ4v) is 3.23. The van der Waals surface area contributed by atoms with Gasteiger partial charge in [-0.05, 0) is 36.4 Å². The first kappa shape index (κ1) is 17.9. The Hall–Kier alpha value is -3.48. The molecule has 0 aliphatic carbocycles. The van der Waals surface area contributed by atoms with Crippen molar-refractivity contribution in [3.8, 4) is 0 Å². The molecule has 1 N–H and O–H groups in total. The van der Waals surface area contributed by atoms with Crippen molar-refractivity contribution in [1.82, 2.24) is 9.97 Å². The molecule has 2 aromatic heterocycles. The van der Waals surface area contributed by atoms with Gasteiger partial charge in [0.15, 0.2) is 0 Å². The van der Waals surface area contributed by atoms with Crippen LogP contribution >= 0.6 is 0 Å². The molecule has 0 radical (unpaired) electrons. The van der Waals surface area contributed by atoms with Gasteiger partial charge < -0.3 is 15.1 Å². The van der Waals surface area contributed by atoms with Crippen molar-refractivity contribution in [2.24, 2.45) is 0 Å². The van der Waals surface area contributed by atoms with Crippen LogP contribution in [0.15, 0.2) is 67.1 Å². The summed E-state index contributed by atoms with van der Waals surface area (Å²) in [5, 5.41) is 2.81. The molecule has 1 aromatic carbocycles. The van der Waals surface area contributed by atoms with Crippen LogP contribution in [-0.2, 0) is 0 Å². The van der Waals surface area contributed by atoms with Crippen molar-refractivity contribution < 1.29 is 9.18 Å². The predicted molar refractivity (Wildman–Crippen MR) is 107 cm³/mol. The summed E-state index contributed by atoms with van der Waals surface area (Å²) in [6, 6.07) is 14.0. The summed E-state index contributed by atoms with van der Waals surface area (Å²) >= 11 is 0. The van der Waals surface area contributed by atoms with Gasteiger partial charge in [-0.1, -0.05) is 12.1 Å². The van der Waals surface area contributed by atoms with Gasteiger partial charge in [0, 0.05) is 38.6 Å². The van der Waals surface area contributed by atoms with E-state index in [9.17, 15) is 9.18 Å². The van der Waals surface area contributed by atoms with Crippen LogP contribution < -0.4 is 15.1 Å². The minimum absolute atomic E-state index is 0.192. The van der Waals surface area contributed by atoms with E-state index in [1.165, 1.54) is 12.3 Å². The number of halogens is 1. The fraction of sp³-hybridized carbons (Fsp3) is 0.190. The molecule has 1 saturated heterocycles. The Bertz CT molecular complexity index is 941. The van der Waals surface area contributed by atoms with Gasteiger partial charge in [-0.3, -0.25) is 9.78 Å². The zero-order chi connectivity index (χ0) is 19.3. The van der Waals surface area contributed by atoms with Crippen LogP contribution in [0.4, 0.5) is 21.6 Å². The first-order valence-corrected chi connectivity index (χ1v) is 9.12. The maximum atomic E-state index is 14.0. The molecule has 1 aliphatic heterocycles. The van der Waals surface area contributed by atoms with Crippen molar-refractivity contribution in [1.29, 1.82) is 0 Å². The maximum Gasteiger partial charge on any atom is 0.257 e. The van der Waals surface area contributed by atoms with E-state index < -0.39 is 0 Å². The normalized spacial score (nSPS) is 14.0. The van der Waals surface area contributed by atoms with E-state index >= 15 is 0 Å². The Morgan fingerprint density at radius 2 is 1.71 bits per heavy atom. The molecule has 3 heterocycles. The summed E-state index contributed by atoms with van der Waals surface area (Å²) in [6.45, 7) is 2.95. The van der Waals surface area contributed by atoms with Crippen molar-refractivity contribution in [2.75, 3.05) is 41.3 Å². The lowest BCUT2D eigenvalue weighted by Gasteiger charge is -2.36. The minimum atomic E-state index is -0.221. The minimum Gasteiger partial charge on any atom is -0.366 e. The highest BCUT2D eigenvalue weighted by atomic mass is 19.1. The Kier molecular flexibility index (Phi) is 5.14. The predicted octanol–water partition coefficient (Wildman–Crippen LogP) is 3.19. The molecule has 4 rings (SSSR count). The zero-order valence-electron chi connectivity index (χ0n) is 15.3. The van der Waals surface area contributed by atoms with Gasteiger partial charge in [0.1, 0.15) is 11.6 Å². The second-order valence-corrected chi connectivity index (χ2v) is 6.53. The van der Waals surface area contributed by atoms with Crippen LogP contribution in [0.3, 0.4) is 0 Å². The van der Waals surface area contributed by atoms with Gasteiger partial charge in [0.2, 0.25) is 0 Å². The molecule has 0 atom stereocenters. The molecule has 28 heavy (non-hydrogen) atoms. The van der Waals surface area contributed by atoms with E-state index in [1.54, 1.807) is 30.6 Å². The molecule has 6 nitrogen and oxygen atoms in total. The highest BCUT2D eigenvalue weighted by Gasteiger charge is 2.20. The first-order valence-electron chi connectivity index (χ1n) is 9.12. The second kappa shape index (κ2) is 8.04. The quantitative estimate of drug-likeness (QED) is 0.757. The molecule has 0 unspecified atom stereocenters. The largest absolute Gasteiger partial charge is 0.366 e. The monoisotopic (exact) mass is 377 g/mol. The standard InChI is InChI=1S/C21H20FN5O/c22-18-5-1-2-6-19(18)26-10-12-27(13-11-26)20-8-7-17(15-24-20)25-21(28)16-4-3-9-23-14-16/h1-9,14-15H,10-13H2,(H,25,28). The second-order valence-electron chi connectivity index (χ2n) is 6.53. The summed E-state index contributed by atoms with van der Waals surface area (Å²) in [5.74, 6) is 0.427. The SMILES string of the molecule is O=C(Nc1ccc(N2CCN(c3ccccc3F)CC2)nc1)c1cccnc1. The number of carbonyl (C=O) groups excluding carboxylic acids is 1. The lowest BCUT2D eigenvalue weighted by atomic mass is 10.2. The Morgan fingerprint density at radius 3 is 2.39 bits per heavy atom. The number of hydrogen-bond acceptors (Lipinski definition) is 5. The first-order chi connectivity index (χ1) is 13.7. The molecule has 0 saturated carbocycles. The molecule has 7 heteroatoms. The van der Waals surface area contributed by atoms with E-state index in [0.717, 1.165) is 32.0 Å². The van der Waals surface area contributed by atoms with E-state index in [2.05, 4.69) is 20.2 Å². The van der Waals surface area contributed by atoms with E-state index in [-0.39, 0.29) is 11.7 Å². The lowest BCUT2D eigenvalue weighted by molar-refractivity contribution is 0.102.